The molecule has 0 radical (unpaired) electrons. The Balaban J connectivity index is 2.26. The van der Waals surface area contributed by atoms with Crippen molar-refractivity contribution in [3.05, 3.63) is 29.8 Å². The van der Waals surface area contributed by atoms with E-state index < -0.39 is 6.10 Å². The molecular weight excluding hydrogens is 256 g/mol. The van der Waals surface area contributed by atoms with Gasteiger partial charge in [-0.2, -0.15) is 0 Å². The van der Waals surface area contributed by atoms with E-state index in [0.717, 1.165) is 17.7 Å². The molecule has 114 valence electrons. The first-order valence-corrected chi connectivity index (χ1v) is 7.23. The van der Waals surface area contributed by atoms with Crippen LogP contribution in [0.1, 0.15) is 38.9 Å². The molecule has 4 heteroatoms. The summed E-state index contributed by atoms with van der Waals surface area (Å²) in [7, 11) is 0. The molecule has 0 aliphatic heterocycles. The van der Waals surface area contributed by atoms with Gasteiger partial charge >= 0.3 is 0 Å². The zero-order chi connectivity index (χ0) is 14.8. The third kappa shape index (κ3) is 6.89. The molecule has 0 spiro atoms. The normalized spacial score (nSPS) is 12.7. The zero-order valence-electron chi connectivity index (χ0n) is 12.7. The van der Waals surface area contributed by atoms with Crippen molar-refractivity contribution in [2.24, 2.45) is 0 Å². The van der Waals surface area contributed by atoms with Crippen molar-refractivity contribution in [3.63, 3.8) is 0 Å². The largest absolute Gasteiger partial charge is 0.494 e. The van der Waals surface area contributed by atoms with Crippen LogP contribution in [-0.2, 0) is 9.47 Å². The Hall–Kier alpha value is -1.10. The monoisotopic (exact) mass is 282 g/mol. The maximum Gasteiger partial charge on any atom is 0.119 e. The van der Waals surface area contributed by atoms with Crippen molar-refractivity contribution in [1.29, 1.82) is 0 Å². The van der Waals surface area contributed by atoms with Crippen LogP contribution in [0.5, 0.6) is 5.75 Å². The Labute approximate surface area is 121 Å². The smallest absolute Gasteiger partial charge is 0.119 e. The summed E-state index contributed by atoms with van der Waals surface area (Å²) in [5, 5.41) is 9.99. The second-order valence-electron chi connectivity index (χ2n) is 4.93. The minimum absolute atomic E-state index is 0.208. The van der Waals surface area contributed by atoms with E-state index in [-0.39, 0.29) is 12.7 Å². The molecule has 0 amide bonds. The summed E-state index contributed by atoms with van der Waals surface area (Å²) in [6.45, 7) is 8.06. The topological polar surface area (TPSA) is 47.9 Å². The fraction of sp³-hybridized carbons (Fsp3) is 0.625. The molecule has 1 N–H and O–H groups in total. The first-order valence-electron chi connectivity index (χ1n) is 7.23. The lowest BCUT2D eigenvalue weighted by Crippen LogP contribution is -2.13. The Kier molecular flexibility index (Phi) is 8.26. The molecule has 4 nitrogen and oxygen atoms in total. The summed E-state index contributed by atoms with van der Waals surface area (Å²) in [6, 6.07) is 7.47. The summed E-state index contributed by atoms with van der Waals surface area (Å²) < 4.78 is 16.2. The summed E-state index contributed by atoms with van der Waals surface area (Å²) in [5.41, 5.74) is 0.832. The Morgan fingerprint density at radius 1 is 1.05 bits per heavy atom. The number of benzene rings is 1. The highest BCUT2D eigenvalue weighted by Gasteiger charge is 2.07. The summed E-state index contributed by atoms with van der Waals surface area (Å²) in [4.78, 5) is 0. The van der Waals surface area contributed by atoms with Crippen molar-refractivity contribution in [1.82, 2.24) is 0 Å². The number of rotatable bonds is 10. The van der Waals surface area contributed by atoms with Gasteiger partial charge in [-0.05, 0) is 38.0 Å². The van der Waals surface area contributed by atoms with E-state index >= 15 is 0 Å². The molecule has 1 rings (SSSR count). The number of aliphatic hydroxyl groups is 1. The highest BCUT2D eigenvalue weighted by atomic mass is 16.5. The van der Waals surface area contributed by atoms with Gasteiger partial charge in [-0.1, -0.05) is 19.1 Å². The van der Waals surface area contributed by atoms with Crippen molar-refractivity contribution in [2.45, 2.75) is 39.4 Å². The molecule has 1 aromatic rings. The van der Waals surface area contributed by atoms with Crippen LogP contribution in [0, 0.1) is 0 Å². The van der Waals surface area contributed by atoms with Crippen molar-refractivity contribution < 1.29 is 19.3 Å². The van der Waals surface area contributed by atoms with Gasteiger partial charge in [-0.15, -0.1) is 0 Å². The highest BCUT2D eigenvalue weighted by molar-refractivity contribution is 5.28. The lowest BCUT2D eigenvalue weighted by Gasteiger charge is -2.13. The molecule has 0 aromatic heterocycles. The third-order valence-electron chi connectivity index (χ3n) is 2.69. The fourth-order valence-corrected chi connectivity index (χ4v) is 1.64. The Morgan fingerprint density at radius 2 is 1.75 bits per heavy atom. The first-order chi connectivity index (χ1) is 9.63. The second kappa shape index (κ2) is 9.75. The van der Waals surface area contributed by atoms with E-state index in [2.05, 4.69) is 6.92 Å². The number of aliphatic hydroxyl groups excluding tert-OH is 1. The van der Waals surface area contributed by atoms with E-state index in [0.29, 0.717) is 19.8 Å². The van der Waals surface area contributed by atoms with Gasteiger partial charge in [0.2, 0.25) is 0 Å². The number of ether oxygens (including phenoxy) is 3. The van der Waals surface area contributed by atoms with Gasteiger partial charge in [0.15, 0.2) is 0 Å². The Morgan fingerprint density at radius 3 is 2.35 bits per heavy atom. The molecule has 1 unspecified atom stereocenters. The summed E-state index contributed by atoms with van der Waals surface area (Å²) in [6.07, 6.45) is 0.574. The minimum atomic E-state index is -0.616. The van der Waals surface area contributed by atoms with Crippen LogP contribution >= 0.6 is 0 Å². The standard InChI is InChI=1S/C16H26O4/c1-4-9-20-15-7-5-14(6-8-15)16(17)12-18-10-11-19-13(2)3/h5-8,13,16-17H,4,9-12H2,1-3H3. The molecule has 0 aliphatic rings. The lowest BCUT2D eigenvalue weighted by atomic mass is 10.1. The molecule has 0 saturated heterocycles. The van der Waals surface area contributed by atoms with E-state index in [4.69, 9.17) is 14.2 Å². The highest BCUT2D eigenvalue weighted by Crippen LogP contribution is 2.18. The number of hydrogen-bond donors (Lipinski definition) is 1. The molecule has 0 fully saturated rings. The van der Waals surface area contributed by atoms with E-state index in [1.54, 1.807) is 0 Å². The van der Waals surface area contributed by atoms with Crippen LogP contribution in [0.3, 0.4) is 0 Å². The van der Waals surface area contributed by atoms with Gasteiger partial charge < -0.3 is 19.3 Å². The van der Waals surface area contributed by atoms with Gasteiger partial charge in [0.05, 0.1) is 32.5 Å². The molecule has 1 aromatic carbocycles. The average Bonchev–Trinajstić information content (AvgIpc) is 2.44. The van der Waals surface area contributed by atoms with Crippen LogP contribution in [0.15, 0.2) is 24.3 Å². The number of hydrogen-bond acceptors (Lipinski definition) is 4. The predicted molar refractivity (Wildman–Crippen MR) is 79.1 cm³/mol. The van der Waals surface area contributed by atoms with Crippen molar-refractivity contribution in [3.8, 4) is 5.75 Å². The maximum atomic E-state index is 9.99. The molecular formula is C16H26O4. The third-order valence-corrected chi connectivity index (χ3v) is 2.69. The van der Waals surface area contributed by atoms with Crippen molar-refractivity contribution >= 4 is 0 Å². The van der Waals surface area contributed by atoms with Crippen LogP contribution in [-0.4, -0.2) is 37.6 Å². The van der Waals surface area contributed by atoms with E-state index in [9.17, 15) is 5.11 Å². The van der Waals surface area contributed by atoms with Gasteiger partial charge in [0, 0.05) is 0 Å². The van der Waals surface area contributed by atoms with Gasteiger partial charge in [0.25, 0.3) is 0 Å². The summed E-state index contributed by atoms with van der Waals surface area (Å²) in [5.74, 6) is 0.828. The average molecular weight is 282 g/mol. The van der Waals surface area contributed by atoms with Crippen LogP contribution in [0.2, 0.25) is 0 Å². The second-order valence-corrected chi connectivity index (χ2v) is 4.93. The lowest BCUT2D eigenvalue weighted by molar-refractivity contribution is -0.0110. The molecule has 0 aliphatic carbocycles. The van der Waals surface area contributed by atoms with E-state index in [1.165, 1.54) is 0 Å². The van der Waals surface area contributed by atoms with Gasteiger partial charge in [0.1, 0.15) is 11.9 Å². The molecule has 0 bridgehead atoms. The Bertz CT molecular complexity index is 348. The van der Waals surface area contributed by atoms with Gasteiger partial charge in [-0.25, -0.2) is 0 Å². The van der Waals surface area contributed by atoms with Crippen LogP contribution in [0.25, 0.3) is 0 Å². The van der Waals surface area contributed by atoms with Gasteiger partial charge in [-0.3, -0.25) is 0 Å². The van der Waals surface area contributed by atoms with E-state index in [1.807, 2.05) is 38.1 Å². The zero-order valence-corrected chi connectivity index (χ0v) is 12.7. The predicted octanol–water partition coefficient (Wildman–Crippen LogP) is 2.95. The SMILES string of the molecule is CCCOc1ccc(C(O)COCCOC(C)C)cc1. The molecule has 0 heterocycles. The first kappa shape index (κ1) is 17.0. The maximum absolute atomic E-state index is 9.99. The fourth-order valence-electron chi connectivity index (χ4n) is 1.64. The summed E-state index contributed by atoms with van der Waals surface area (Å²) >= 11 is 0. The van der Waals surface area contributed by atoms with Crippen LogP contribution < -0.4 is 4.74 Å². The molecule has 1 atom stereocenters. The van der Waals surface area contributed by atoms with Crippen molar-refractivity contribution in [2.75, 3.05) is 26.4 Å². The molecule has 0 saturated carbocycles. The molecule has 20 heavy (non-hydrogen) atoms. The van der Waals surface area contributed by atoms with Crippen LogP contribution in [0.4, 0.5) is 0 Å². The minimum Gasteiger partial charge on any atom is -0.494 e. The quantitative estimate of drug-likeness (QED) is 0.670.